The molecule has 0 radical (unpaired) electrons. The first-order chi connectivity index (χ1) is 12.5. The summed E-state index contributed by atoms with van der Waals surface area (Å²) in [6.07, 6.45) is 1.62. The van der Waals surface area contributed by atoms with Crippen LogP contribution in [0.25, 0.3) is 0 Å². The summed E-state index contributed by atoms with van der Waals surface area (Å²) in [5.74, 6) is 0.873. The molecule has 0 aliphatic carbocycles. The molecule has 0 unspecified atom stereocenters. The molecule has 3 rings (SSSR count). The number of ether oxygens (including phenoxy) is 2. The first-order valence-electron chi connectivity index (χ1n) is 7.86. The van der Waals surface area contributed by atoms with Crippen LogP contribution in [0.2, 0.25) is 0 Å². The highest BCUT2D eigenvalue weighted by Crippen LogP contribution is 2.32. The molecule has 2 heterocycles. The molecule has 1 N–H and O–H groups in total. The number of rotatable bonds is 6. The second-order valence-electron chi connectivity index (χ2n) is 5.25. The highest BCUT2D eigenvalue weighted by molar-refractivity contribution is 9.10. The molecule has 3 aromatic rings. The molecule has 8 heteroatoms. The van der Waals surface area contributed by atoms with Crippen LogP contribution < -0.4 is 10.1 Å². The Labute approximate surface area is 163 Å². The standard InChI is InChI=1S/C18H16BrN3O3S/c1-3-24-17(23)13-9-12(8-7-11(13)2)25-16-10-20-18(26-16)22-15-6-4-5-14(19)21-15/h4-10H,3H2,1-2H3,(H,20,21,22). The van der Waals surface area contributed by atoms with Crippen LogP contribution in [0.3, 0.4) is 0 Å². The van der Waals surface area contributed by atoms with Gasteiger partial charge in [-0.05, 0) is 59.6 Å². The maximum absolute atomic E-state index is 12.0. The maximum atomic E-state index is 12.0. The molecule has 26 heavy (non-hydrogen) atoms. The van der Waals surface area contributed by atoms with Gasteiger partial charge < -0.3 is 14.8 Å². The number of anilines is 2. The number of benzene rings is 1. The van der Waals surface area contributed by atoms with Crippen LogP contribution in [0.1, 0.15) is 22.8 Å². The smallest absolute Gasteiger partial charge is 0.338 e. The van der Waals surface area contributed by atoms with E-state index >= 15 is 0 Å². The van der Waals surface area contributed by atoms with Gasteiger partial charge in [-0.2, -0.15) is 0 Å². The average Bonchev–Trinajstić information content (AvgIpc) is 3.03. The summed E-state index contributed by atoms with van der Waals surface area (Å²) in [6, 6.07) is 10.9. The predicted molar refractivity (Wildman–Crippen MR) is 105 cm³/mol. The number of nitrogens with one attached hydrogen (secondary N) is 1. The molecule has 0 amide bonds. The minimum Gasteiger partial charge on any atom is -0.462 e. The van der Waals surface area contributed by atoms with E-state index in [2.05, 4.69) is 31.2 Å². The van der Waals surface area contributed by atoms with Crippen molar-refractivity contribution in [1.29, 1.82) is 0 Å². The Morgan fingerprint density at radius 3 is 2.92 bits per heavy atom. The molecule has 0 saturated heterocycles. The Balaban J connectivity index is 1.73. The SMILES string of the molecule is CCOC(=O)c1cc(Oc2cnc(Nc3cccc(Br)n3)s2)ccc1C. The molecule has 6 nitrogen and oxygen atoms in total. The van der Waals surface area contributed by atoms with Gasteiger partial charge in [0.2, 0.25) is 5.06 Å². The van der Waals surface area contributed by atoms with Crippen LogP contribution in [0, 0.1) is 6.92 Å². The lowest BCUT2D eigenvalue weighted by atomic mass is 10.1. The topological polar surface area (TPSA) is 73.3 Å². The van der Waals surface area contributed by atoms with Gasteiger partial charge in [0.05, 0.1) is 18.4 Å². The molecule has 1 aromatic carbocycles. The highest BCUT2D eigenvalue weighted by Gasteiger charge is 2.13. The van der Waals surface area contributed by atoms with Crippen LogP contribution in [0.15, 0.2) is 47.2 Å². The number of aromatic nitrogens is 2. The Morgan fingerprint density at radius 2 is 2.15 bits per heavy atom. The molecule has 2 aromatic heterocycles. The van der Waals surface area contributed by atoms with Gasteiger partial charge in [0.1, 0.15) is 16.2 Å². The molecular formula is C18H16BrN3O3S. The molecule has 0 saturated carbocycles. The predicted octanol–water partition coefficient (Wildman–Crippen LogP) is 5.32. The van der Waals surface area contributed by atoms with E-state index in [-0.39, 0.29) is 5.97 Å². The largest absolute Gasteiger partial charge is 0.462 e. The lowest BCUT2D eigenvalue weighted by molar-refractivity contribution is 0.0525. The normalized spacial score (nSPS) is 10.4. The zero-order valence-electron chi connectivity index (χ0n) is 14.2. The minimum absolute atomic E-state index is 0.330. The van der Waals surface area contributed by atoms with Crippen molar-refractivity contribution in [1.82, 2.24) is 9.97 Å². The molecule has 134 valence electrons. The second-order valence-corrected chi connectivity index (χ2v) is 7.06. The van der Waals surface area contributed by atoms with Gasteiger partial charge in [0, 0.05) is 0 Å². The zero-order valence-corrected chi connectivity index (χ0v) is 16.6. The highest BCUT2D eigenvalue weighted by atomic mass is 79.9. The maximum Gasteiger partial charge on any atom is 0.338 e. The third-order valence-electron chi connectivity index (χ3n) is 3.36. The van der Waals surface area contributed by atoms with Gasteiger partial charge in [-0.25, -0.2) is 14.8 Å². The Morgan fingerprint density at radius 1 is 1.31 bits per heavy atom. The Kier molecular flexibility index (Phi) is 5.85. The minimum atomic E-state index is -0.358. The van der Waals surface area contributed by atoms with E-state index in [1.54, 1.807) is 25.3 Å². The number of thiazole rings is 1. The van der Waals surface area contributed by atoms with Gasteiger partial charge in [0.25, 0.3) is 0 Å². The summed E-state index contributed by atoms with van der Waals surface area (Å²) < 4.78 is 11.6. The van der Waals surface area contributed by atoms with E-state index in [1.807, 2.05) is 31.2 Å². The molecule has 0 aliphatic heterocycles. The monoisotopic (exact) mass is 433 g/mol. The molecule has 0 bridgehead atoms. The van der Waals surface area contributed by atoms with Gasteiger partial charge in [-0.1, -0.05) is 23.5 Å². The number of esters is 1. The van der Waals surface area contributed by atoms with E-state index < -0.39 is 0 Å². The summed E-state index contributed by atoms with van der Waals surface area (Å²) in [7, 11) is 0. The summed E-state index contributed by atoms with van der Waals surface area (Å²) in [6.45, 7) is 3.96. The fourth-order valence-corrected chi connectivity index (χ4v) is 3.20. The molecule has 0 spiro atoms. The Hall–Kier alpha value is -2.45. The quantitative estimate of drug-likeness (QED) is 0.418. The van der Waals surface area contributed by atoms with Crippen molar-refractivity contribution in [3.63, 3.8) is 0 Å². The molecule has 0 fully saturated rings. The summed E-state index contributed by atoms with van der Waals surface area (Å²) >= 11 is 4.67. The first-order valence-corrected chi connectivity index (χ1v) is 9.47. The average molecular weight is 434 g/mol. The summed E-state index contributed by atoms with van der Waals surface area (Å²) in [5.41, 5.74) is 1.33. The van der Waals surface area contributed by atoms with E-state index in [4.69, 9.17) is 9.47 Å². The van der Waals surface area contributed by atoms with Gasteiger partial charge in [-0.3, -0.25) is 0 Å². The van der Waals surface area contributed by atoms with Crippen LogP contribution in [-0.4, -0.2) is 22.5 Å². The van der Waals surface area contributed by atoms with Crippen LogP contribution in [0.4, 0.5) is 10.9 Å². The van der Waals surface area contributed by atoms with Crippen LogP contribution in [-0.2, 0) is 4.74 Å². The van der Waals surface area contributed by atoms with Crippen LogP contribution >= 0.6 is 27.3 Å². The fourth-order valence-electron chi connectivity index (χ4n) is 2.16. The number of carbonyl (C=O) groups is 1. The lowest BCUT2D eigenvalue weighted by Gasteiger charge is -2.08. The van der Waals surface area contributed by atoms with Gasteiger partial charge >= 0.3 is 5.97 Å². The van der Waals surface area contributed by atoms with Gasteiger partial charge in [-0.15, -0.1) is 0 Å². The Bertz CT molecular complexity index is 930. The molecule has 0 atom stereocenters. The van der Waals surface area contributed by atoms with Crippen LogP contribution in [0.5, 0.6) is 10.8 Å². The van der Waals surface area contributed by atoms with Crippen molar-refractivity contribution >= 4 is 44.2 Å². The van der Waals surface area contributed by atoms with E-state index in [9.17, 15) is 4.79 Å². The third-order valence-corrected chi connectivity index (χ3v) is 4.59. The van der Waals surface area contributed by atoms with E-state index in [1.165, 1.54) is 11.3 Å². The lowest BCUT2D eigenvalue weighted by Crippen LogP contribution is -2.06. The molecular weight excluding hydrogens is 418 g/mol. The van der Waals surface area contributed by atoms with E-state index in [0.717, 1.165) is 10.2 Å². The second kappa shape index (κ2) is 8.29. The van der Waals surface area contributed by atoms with Crippen molar-refractivity contribution in [2.45, 2.75) is 13.8 Å². The van der Waals surface area contributed by atoms with Crippen molar-refractivity contribution in [3.8, 4) is 10.8 Å². The number of aryl methyl sites for hydroxylation is 1. The first kappa shape index (κ1) is 18.3. The number of halogens is 1. The number of hydrogen-bond donors (Lipinski definition) is 1. The van der Waals surface area contributed by atoms with Crippen molar-refractivity contribution in [2.75, 3.05) is 11.9 Å². The summed E-state index contributed by atoms with van der Waals surface area (Å²) in [4.78, 5) is 20.6. The fraction of sp³-hybridized carbons (Fsp3) is 0.167. The zero-order chi connectivity index (χ0) is 18.5. The van der Waals surface area contributed by atoms with Gasteiger partial charge in [0.15, 0.2) is 5.13 Å². The number of hydrogen-bond acceptors (Lipinski definition) is 7. The van der Waals surface area contributed by atoms with Crippen molar-refractivity contribution in [3.05, 3.63) is 58.3 Å². The van der Waals surface area contributed by atoms with Crippen molar-refractivity contribution in [2.24, 2.45) is 0 Å². The number of pyridine rings is 1. The number of carbonyl (C=O) groups excluding carboxylic acids is 1. The number of nitrogens with zero attached hydrogens (tertiary/aromatic N) is 2. The van der Waals surface area contributed by atoms with Crippen molar-refractivity contribution < 1.29 is 14.3 Å². The van der Waals surface area contributed by atoms with E-state index in [0.29, 0.717) is 33.9 Å². The third kappa shape index (κ3) is 4.59. The molecule has 0 aliphatic rings. The summed E-state index contributed by atoms with van der Waals surface area (Å²) in [5, 5.41) is 4.37.